The number of hydrogen-bond acceptors (Lipinski definition) is 4. The second-order valence-corrected chi connectivity index (χ2v) is 6.61. The van der Waals surface area contributed by atoms with Crippen LogP contribution in [0, 0.1) is 0 Å². The van der Waals surface area contributed by atoms with Crippen LogP contribution in [0.2, 0.25) is 0 Å². The lowest BCUT2D eigenvalue weighted by Gasteiger charge is -2.40. The molecule has 0 saturated heterocycles. The minimum Gasteiger partial charge on any atom is -0.484 e. The van der Waals surface area contributed by atoms with E-state index in [1.54, 1.807) is 12.1 Å². The summed E-state index contributed by atoms with van der Waals surface area (Å²) in [6.45, 7) is 7.53. The zero-order chi connectivity index (χ0) is 13.6. The van der Waals surface area contributed by atoms with E-state index in [-0.39, 0.29) is 10.5 Å². The highest BCUT2D eigenvalue weighted by Crippen LogP contribution is 2.37. The maximum absolute atomic E-state index is 11.4. The van der Waals surface area contributed by atoms with Gasteiger partial charge in [-0.05, 0) is 39.0 Å². The summed E-state index contributed by atoms with van der Waals surface area (Å²) in [5, 5.41) is 5.14. The number of sulfonamides is 1. The van der Waals surface area contributed by atoms with Crippen molar-refractivity contribution in [3.63, 3.8) is 0 Å². The van der Waals surface area contributed by atoms with Gasteiger partial charge in [0.2, 0.25) is 10.0 Å². The van der Waals surface area contributed by atoms with Crippen LogP contribution < -0.4 is 14.8 Å². The van der Waals surface area contributed by atoms with Crippen LogP contribution in [-0.4, -0.2) is 27.1 Å². The third kappa shape index (κ3) is 2.44. The Hall–Kier alpha value is -1.27. The van der Waals surface area contributed by atoms with Crippen molar-refractivity contribution in [2.45, 2.75) is 31.3 Å². The van der Waals surface area contributed by atoms with E-state index in [2.05, 4.69) is 4.90 Å². The first-order valence-electron chi connectivity index (χ1n) is 5.84. The summed E-state index contributed by atoms with van der Waals surface area (Å²) < 4.78 is 28.6. The van der Waals surface area contributed by atoms with Crippen molar-refractivity contribution < 1.29 is 13.2 Å². The monoisotopic (exact) mass is 270 g/mol. The molecule has 100 valence electrons. The van der Waals surface area contributed by atoms with Gasteiger partial charge in [-0.25, -0.2) is 13.6 Å². The van der Waals surface area contributed by atoms with E-state index in [0.29, 0.717) is 12.3 Å². The number of ether oxygens (including phenoxy) is 1. The van der Waals surface area contributed by atoms with E-state index >= 15 is 0 Å². The predicted molar refractivity (Wildman–Crippen MR) is 70.4 cm³/mol. The van der Waals surface area contributed by atoms with E-state index in [9.17, 15) is 8.42 Å². The number of likely N-dealkylation sites (N-methyl/N-ethyl adjacent to an activating group) is 1. The quantitative estimate of drug-likeness (QED) is 0.880. The minimum atomic E-state index is -3.68. The normalized spacial score (nSPS) is 18.1. The van der Waals surface area contributed by atoms with Gasteiger partial charge in [-0.1, -0.05) is 0 Å². The van der Waals surface area contributed by atoms with E-state index < -0.39 is 10.0 Å². The third-order valence-electron chi connectivity index (χ3n) is 2.94. The molecule has 2 rings (SSSR count). The maximum atomic E-state index is 11.4. The summed E-state index contributed by atoms with van der Waals surface area (Å²) in [6.07, 6.45) is 0. The van der Waals surface area contributed by atoms with Gasteiger partial charge in [-0.15, -0.1) is 0 Å². The third-order valence-corrected chi connectivity index (χ3v) is 3.85. The number of rotatable bonds is 2. The molecule has 5 nitrogen and oxygen atoms in total. The van der Waals surface area contributed by atoms with Gasteiger partial charge >= 0.3 is 0 Å². The average molecular weight is 270 g/mol. The number of primary sulfonamides is 1. The smallest absolute Gasteiger partial charge is 0.238 e. The van der Waals surface area contributed by atoms with Gasteiger partial charge in [0.15, 0.2) is 0 Å². The molecule has 1 heterocycles. The van der Waals surface area contributed by atoms with Crippen LogP contribution >= 0.6 is 0 Å². The second kappa shape index (κ2) is 4.13. The molecule has 0 aromatic heterocycles. The number of hydrogen-bond donors (Lipinski definition) is 1. The molecule has 6 heteroatoms. The molecule has 0 radical (unpaired) electrons. The molecule has 18 heavy (non-hydrogen) atoms. The summed E-state index contributed by atoms with van der Waals surface area (Å²) in [6, 6.07) is 4.71. The van der Waals surface area contributed by atoms with E-state index in [4.69, 9.17) is 9.88 Å². The Morgan fingerprint density at radius 2 is 2.11 bits per heavy atom. The Morgan fingerprint density at radius 3 is 2.67 bits per heavy atom. The number of nitrogens with zero attached hydrogens (tertiary/aromatic N) is 1. The Kier molecular flexibility index (Phi) is 3.03. The lowest BCUT2D eigenvalue weighted by Crippen LogP contribution is -2.46. The van der Waals surface area contributed by atoms with Crippen LogP contribution in [0.5, 0.6) is 5.75 Å². The van der Waals surface area contributed by atoms with Crippen LogP contribution in [0.25, 0.3) is 0 Å². The molecular formula is C12H18N2O3S. The van der Waals surface area contributed by atoms with Crippen LogP contribution in [-0.2, 0) is 10.0 Å². The van der Waals surface area contributed by atoms with Crippen LogP contribution in [0.15, 0.2) is 23.1 Å². The molecule has 1 aliphatic heterocycles. The molecule has 1 aliphatic rings. The number of nitrogens with two attached hydrogens (primary N) is 1. The fourth-order valence-electron chi connectivity index (χ4n) is 2.16. The van der Waals surface area contributed by atoms with Crippen molar-refractivity contribution in [3.05, 3.63) is 18.2 Å². The Morgan fingerprint density at radius 1 is 1.44 bits per heavy atom. The van der Waals surface area contributed by atoms with Crippen LogP contribution in [0.3, 0.4) is 0 Å². The predicted octanol–water partition coefficient (Wildman–Crippen LogP) is 1.33. The molecule has 0 spiro atoms. The minimum absolute atomic E-state index is 0.114. The first-order valence-corrected chi connectivity index (χ1v) is 7.38. The standard InChI is InChI=1S/C12H18N2O3S/c1-4-14-8-12(2,3)17-11-6-5-9(7-10(11)14)18(13,15)16/h5-7H,4,8H2,1-3H3,(H2,13,15,16). The molecule has 2 N–H and O–H groups in total. The van der Waals surface area contributed by atoms with Crippen molar-refractivity contribution in [1.82, 2.24) is 0 Å². The van der Waals surface area contributed by atoms with E-state index in [1.807, 2.05) is 20.8 Å². The van der Waals surface area contributed by atoms with E-state index in [1.165, 1.54) is 6.07 Å². The molecule has 1 aromatic carbocycles. The SMILES string of the molecule is CCN1CC(C)(C)Oc2ccc(S(N)(=O)=O)cc21. The molecule has 0 atom stereocenters. The number of fused-ring (bicyclic) bond motifs is 1. The fourth-order valence-corrected chi connectivity index (χ4v) is 2.70. The van der Waals surface area contributed by atoms with Gasteiger partial charge in [-0.3, -0.25) is 0 Å². The molecular weight excluding hydrogens is 252 g/mol. The zero-order valence-electron chi connectivity index (χ0n) is 10.8. The molecule has 0 saturated carbocycles. The second-order valence-electron chi connectivity index (χ2n) is 5.05. The number of benzene rings is 1. The summed E-state index contributed by atoms with van der Waals surface area (Å²) in [4.78, 5) is 2.20. The first-order chi connectivity index (χ1) is 8.23. The summed E-state index contributed by atoms with van der Waals surface area (Å²) >= 11 is 0. The summed E-state index contributed by atoms with van der Waals surface area (Å²) in [5.41, 5.74) is 0.495. The molecule has 0 amide bonds. The summed E-state index contributed by atoms with van der Waals surface area (Å²) in [7, 11) is -3.68. The van der Waals surface area contributed by atoms with Gasteiger partial charge in [0, 0.05) is 6.54 Å². The van der Waals surface area contributed by atoms with Crippen molar-refractivity contribution in [1.29, 1.82) is 0 Å². The zero-order valence-corrected chi connectivity index (χ0v) is 11.6. The lowest BCUT2D eigenvalue weighted by atomic mass is 10.1. The number of anilines is 1. The van der Waals surface area contributed by atoms with Crippen molar-refractivity contribution in [2.24, 2.45) is 5.14 Å². The van der Waals surface area contributed by atoms with Crippen molar-refractivity contribution >= 4 is 15.7 Å². The molecule has 0 bridgehead atoms. The fraction of sp³-hybridized carbons (Fsp3) is 0.500. The molecule has 1 aromatic rings. The van der Waals surface area contributed by atoms with E-state index in [0.717, 1.165) is 12.2 Å². The molecule has 0 fully saturated rings. The van der Waals surface area contributed by atoms with Crippen LogP contribution in [0.1, 0.15) is 20.8 Å². The largest absolute Gasteiger partial charge is 0.484 e. The average Bonchev–Trinajstić information content (AvgIpc) is 2.24. The van der Waals surface area contributed by atoms with Crippen molar-refractivity contribution in [2.75, 3.05) is 18.0 Å². The van der Waals surface area contributed by atoms with Gasteiger partial charge in [0.1, 0.15) is 11.4 Å². The Balaban J connectivity index is 2.53. The maximum Gasteiger partial charge on any atom is 0.238 e. The van der Waals surface area contributed by atoms with Gasteiger partial charge in [0.25, 0.3) is 0 Å². The Labute approximate surface area is 108 Å². The summed E-state index contributed by atoms with van der Waals surface area (Å²) in [5.74, 6) is 0.695. The highest BCUT2D eigenvalue weighted by Gasteiger charge is 2.31. The van der Waals surface area contributed by atoms with Gasteiger partial charge in [0.05, 0.1) is 17.1 Å². The highest BCUT2D eigenvalue weighted by molar-refractivity contribution is 7.89. The van der Waals surface area contributed by atoms with Gasteiger partial charge in [-0.2, -0.15) is 0 Å². The lowest BCUT2D eigenvalue weighted by molar-refractivity contribution is 0.105. The first kappa shape index (κ1) is 13.2. The van der Waals surface area contributed by atoms with Crippen molar-refractivity contribution in [3.8, 4) is 5.75 Å². The Bertz CT molecular complexity index is 567. The highest BCUT2D eigenvalue weighted by atomic mass is 32.2. The topological polar surface area (TPSA) is 72.6 Å². The van der Waals surface area contributed by atoms with Gasteiger partial charge < -0.3 is 9.64 Å². The van der Waals surface area contributed by atoms with Crippen LogP contribution in [0.4, 0.5) is 5.69 Å². The molecule has 0 aliphatic carbocycles. The molecule has 0 unspecified atom stereocenters.